The molecule has 9 nitrogen and oxygen atoms in total. The number of hydrogen-bond donors (Lipinski definition) is 4. The number of aliphatic hydroxyl groups excluding tert-OH is 4. The number of allylic oxidation sites excluding steroid dienone is 26. The van der Waals surface area contributed by atoms with E-state index in [-0.39, 0.29) is 25.6 Å². The van der Waals surface area contributed by atoms with Crippen molar-refractivity contribution in [1.82, 2.24) is 0 Å². The third-order valence-electron chi connectivity index (χ3n) is 11.9. The second kappa shape index (κ2) is 53.6. The van der Waals surface area contributed by atoms with Crippen molar-refractivity contribution in [3.05, 3.63) is 158 Å². The Morgan fingerprint density at radius 1 is 0.432 bits per heavy atom. The van der Waals surface area contributed by atoms with Crippen molar-refractivity contribution in [2.24, 2.45) is 0 Å². The molecule has 0 radical (unpaired) electrons. The van der Waals surface area contributed by atoms with Crippen LogP contribution in [0.1, 0.15) is 181 Å². The SMILES string of the molecule is CC/C=C\C/C=C\C/C=C\C/C=C\C/C=C\C/C=C\C/C=C\CCCCCCOCC(COC1OC(CO)C(O)C(O)C1O)OC(=O)CCCCCCCC/C=C\C/C=C\C/C=C\C/C=C\C/C=C\C/C=C\CC. The summed E-state index contributed by atoms with van der Waals surface area (Å²) in [5, 5.41) is 40.4. The molecule has 0 spiro atoms. The van der Waals surface area contributed by atoms with E-state index in [1.165, 1.54) is 0 Å². The predicted octanol–water partition coefficient (Wildman–Crippen LogP) is 15.1. The summed E-state index contributed by atoms with van der Waals surface area (Å²) in [5.41, 5.74) is 0. The maximum atomic E-state index is 12.9. The van der Waals surface area contributed by atoms with Crippen LogP contribution in [-0.4, -0.2) is 89.6 Å². The van der Waals surface area contributed by atoms with Gasteiger partial charge in [-0.2, -0.15) is 0 Å². The average molecular weight is 1030 g/mol. The third kappa shape index (κ3) is 43.1. The summed E-state index contributed by atoms with van der Waals surface area (Å²) in [4.78, 5) is 12.9. The van der Waals surface area contributed by atoms with Gasteiger partial charge in [0, 0.05) is 13.0 Å². The molecule has 0 aromatic rings. The predicted molar refractivity (Wildman–Crippen MR) is 311 cm³/mol. The molecule has 1 aliphatic rings. The van der Waals surface area contributed by atoms with Crippen molar-refractivity contribution >= 4 is 5.97 Å². The van der Waals surface area contributed by atoms with Gasteiger partial charge in [-0.15, -0.1) is 0 Å². The number of esters is 1. The van der Waals surface area contributed by atoms with E-state index in [1.807, 2.05) is 0 Å². The van der Waals surface area contributed by atoms with Gasteiger partial charge in [0.05, 0.1) is 19.8 Å². The van der Waals surface area contributed by atoms with Gasteiger partial charge < -0.3 is 39.4 Å². The lowest BCUT2D eigenvalue weighted by Crippen LogP contribution is -2.59. The Bertz CT molecular complexity index is 1690. The van der Waals surface area contributed by atoms with E-state index in [0.29, 0.717) is 6.61 Å². The second-order valence-electron chi connectivity index (χ2n) is 18.6. The van der Waals surface area contributed by atoms with Crippen LogP contribution in [-0.2, 0) is 23.7 Å². The summed E-state index contributed by atoms with van der Waals surface area (Å²) >= 11 is 0. The molecule has 0 aromatic carbocycles. The fourth-order valence-corrected chi connectivity index (χ4v) is 7.59. The van der Waals surface area contributed by atoms with Crippen molar-refractivity contribution in [3.63, 3.8) is 0 Å². The standard InChI is InChI=1S/C65H102O9/c1-3-5-7-9-11-13-15-17-19-21-23-25-27-29-31-33-35-37-39-41-43-45-47-49-51-53-55-71-57-59(58-72-65-64(70)63(69)62(68)60(56-66)74-65)73-61(67)54-52-50-48-46-44-42-40-38-36-34-32-30-28-26-24-22-20-18-16-14-12-10-8-6-4-2/h5-8,11-14,17-20,23-26,29-32,35-38,41,43,59-60,62-66,68-70H,3-4,9-10,15-16,21-22,27-28,33-34,39-40,42,44-58H2,1-2H3/b7-5-,8-6-,13-11-,14-12-,19-17-,20-18-,25-23-,26-24-,31-29-,32-30-,37-35-,38-36-,43-41-. The van der Waals surface area contributed by atoms with E-state index in [0.717, 1.165) is 161 Å². The summed E-state index contributed by atoms with van der Waals surface area (Å²) < 4.78 is 22.9. The largest absolute Gasteiger partial charge is 0.457 e. The maximum absolute atomic E-state index is 12.9. The number of carbonyl (C=O) groups is 1. The van der Waals surface area contributed by atoms with Crippen LogP contribution in [0.25, 0.3) is 0 Å². The third-order valence-corrected chi connectivity index (χ3v) is 11.9. The molecular weight excluding hydrogens is 925 g/mol. The highest BCUT2D eigenvalue weighted by Crippen LogP contribution is 2.22. The quantitative estimate of drug-likeness (QED) is 0.0267. The van der Waals surface area contributed by atoms with Gasteiger partial charge >= 0.3 is 5.97 Å². The van der Waals surface area contributed by atoms with Gasteiger partial charge in [-0.25, -0.2) is 0 Å². The molecule has 1 saturated heterocycles. The molecule has 6 atom stereocenters. The fourth-order valence-electron chi connectivity index (χ4n) is 7.59. The fraction of sp³-hybridized carbons (Fsp3) is 0.585. The van der Waals surface area contributed by atoms with Gasteiger partial charge in [-0.05, 0) is 122 Å². The molecule has 0 saturated carbocycles. The van der Waals surface area contributed by atoms with Gasteiger partial charge in [0.1, 0.15) is 30.5 Å². The zero-order valence-electron chi connectivity index (χ0n) is 46.0. The number of aliphatic hydroxyl groups is 4. The second-order valence-corrected chi connectivity index (χ2v) is 18.6. The normalized spacial score (nSPS) is 19.8. The average Bonchev–Trinajstić information content (AvgIpc) is 3.40. The van der Waals surface area contributed by atoms with Crippen molar-refractivity contribution in [2.75, 3.05) is 26.4 Å². The summed E-state index contributed by atoms with van der Waals surface area (Å²) in [6.07, 6.45) is 75.6. The van der Waals surface area contributed by atoms with Gasteiger partial charge in [-0.3, -0.25) is 4.79 Å². The zero-order valence-corrected chi connectivity index (χ0v) is 46.0. The van der Waals surface area contributed by atoms with Crippen LogP contribution in [0.2, 0.25) is 0 Å². The lowest BCUT2D eigenvalue weighted by atomic mass is 9.99. The summed E-state index contributed by atoms with van der Waals surface area (Å²) in [5.74, 6) is -0.345. The highest BCUT2D eigenvalue weighted by Gasteiger charge is 2.44. The Morgan fingerprint density at radius 2 is 0.784 bits per heavy atom. The van der Waals surface area contributed by atoms with E-state index in [2.05, 4.69) is 172 Å². The summed E-state index contributed by atoms with van der Waals surface area (Å²) in [7, 11) is 0. The minimum Gasteiger partial charge on any atom is -0.457 e. The smallest absolute Gasteiger partial charge is 0.306 e. The molecule has 0 amide bonds. The molecule has 1 aliphatic heterocycles. The lowest BCUT2D eigenvalue weighted by Gasteiger charge is -2.39. The van der Waals surface area contributed by atoms with E-state index in [9.17, 15) is 25.2 Å². The summed E-state index contributed by atoms with van der Waals surface area (Å²) in [6, 6.07) is 0. The molecule has 416 valence electrons. The van der Waals surface area contributed by atoms with Crippen LogP contribution >= 0.6 is 0 Å². The lowest BCUT2D eigenvalue weighted by molar-refractivity contribution is -0.305. The van der Waals surface area contributed by atoms with Gasteiger partial charge in [0.2, 0.25) is 0 Å². The first-order valence-electron chi connectivity index (χ1n) is 28.6. The van der Waals surface area contributed by atoms with Crippen molar-refractivity contribution in [2.45, 2.75) is 218 Å². The molecule has 0 aromatic heterocycles. The first-order valence-corrected chi connectivity index (χ1v) is 28.6. The Morgan fingerprint density at radius 3 is 1.18 bits per heavy atom. The van der Waals surface area contributed by atoms with Crippen LogP contribution in [0.15, 0.2) is 158 Å². The summed E-state index contributed by atoms with van der Waals surface area (Å²) in [6.45, 7) is 4.22. The maximum Gasteiger partial charge on any atom is 0.306 e. The number of rotatable bonds is 47. The van der Waals surface area contributed by atoms with Crippen molar-refractivity contribution in [1.29, 1.82) is 0 Å². The Labute approximate surface area is 450 Å². The molecule has 1 rings (SSSR count). The molecule has 1 heterocycles. The van der Waals surface area contributed by atoms with E-state index >= 15 is 0 Å². The first kappa shape index (κ1) is 67.8. The van der Waals surface area contributed by atoms with Crippen LogP contribution in [0.5, 0.6) is 0 Å². The molecule has 4 N–H and O–H groups in total. The molecule has 0 bridgehead atoms. The van der Waals surface area contributed by atoms with Crippen molar-refractivity contribution in [3.8, 4) is 0 Å². The monoisotopic (exact) mass is 1030 g/mol. The van der Waals surface area contributed by atoms with Crippen LogP contribution in [0, 0.1) is 0 Å². The molecule has 9 heteroatoms. The molecule has 6 unspecified atom stereocenters. The number of hydrogen-bond acceptors (Lipinski definition) is 9. The zero-order chi connectivity index (χ0) is 53.5. The van der Waals surface area contributed by atoms with E-state index < -0.39 is 43.4 Å². The molecule has 74 heavy (non-hydrogen) atoms. The van der Waals surface area contributed by atoms with Crippen LogP contribution in [0.3, 0.4) is 0 Å². The Hall–Kier alpha value is -4.19. The minimum atomic E-state index is -1.56. The van der Waals surface area contributed by atoms with E-state index in [4.69, 9.17) is 18.9 Å². The Kier molecular flexibility index (Phi) is 49.2. The van der Waals surface area contributed by atoms with Gasteiger partial charge in [0.15, 0.2) is 6.29 Å². The molecular formula is C65H102O9. The molecule has 1 fully saturated rings. The molecule has 0 aliphatic carbocycles. The number of ether oxygens (including phenoxy) is 4. The Balaban J connectivity index is 2.24. The minimum absolute atomic E-state index is 0.108. The highest BCUT2D eigenvalue weighted by atomic mass is 16.7. The van der Waals surface area contributed by atoms with Crippen LogP contribution < -0.4 is 0 Å². The van der Waals surface area contributed by atoms with Gasteiger partial charge in [-0.1, -0.05) is 210 Å². The first-order chi connectivity index (χ1) is 36.4. The number of unbranched alkanes of at least 4 members (excludes halogenated alkanes) is 10. The van der Waals surface area contributed by atoms with Crippen molar-refractivity contribution < 1.29 is 44.2 Å². The highest BCUT2D eigenvalue weighted by molar-refractivity contribution is 5.69. The number of carbonyl (C=O) groups excluding carboxylic acids is 1. The van der Waals surface area contributed by atoms with Crippen LogP contribution in [0.4, 0.5) is 0 Å². The topological polar surface area (TPSA) is 135 Å². The van der Waals surface area contributed by atoms with Gasteiger partial charge in [0.25, 0.3) is 0 Å². The van der Waals surface area contributed by atoms with E-state index in [1.54, 1.807) is 0 Å².